The van der Waals surface area contributed by atoms with Crippen LogP contribution in [0.4, 0.5) is 0 Å². The van der Waals surface area contributed by atoms with Gasteiger partial charge in [-0.25, -0.2) is 4.98 Å². The fourth-order valence-corrected chi connectivity index (χ4v) is 2.83. The average Bonchev–Trinajstić information content (AvgIpc) is 2.69. The smallest absolute Gasteiger partial charge is 0.234 e. The van der Waals surface area contributed by atoms with Crippen LogP contribution in [0.1, 0.15) is 51.4 Å². The van der Waals surface area contributed by atoms with Crippen molar-refractivity contribution in [3.05, 3.63) is 12.2 Å². The van der Waals surface area contributed by atoms with E-state index in [1.54, 1.807) is 4.68 Å². The Bertz CT molecular complexity index is 449. The normalized spacial score (nSPS) is 18.5. The molecule has 1 aliphatic heterocycles. The van der Waals surface area contributed by atoms with Gasteiger partial charge in [0.25, 0.3) is 0 Å². The Morgan fingerprint density at radius 2 is 1.95 bits per heavy atom. The van der Waals surface area contributed by atoms with Crippen LogP contribution in [0.3, 0.4) is 0 Å². The van der Waals surface area contributed by atoms with Crippen LogP contribution in [0.5, 0.6) is 0 Å². The van der Waals surface area contributed by atoms with Gasteiger partial charge in [-0.15, -0.1) is 0 Å². The topological polar surface area (TPSA) is 63.1 Å². The summed E-state index contributed by atoms with van der Waals surface area (Å²) in [5.74, 6) is 1.17. The number of amides is 1. The van der Waals surface area contributed by atoms with Gasteiger partial charge in [0.05, 0.1) is 12.6 Å². The highest BCUT2D eigenvalue weighted by Crippen LogP contribution is 2.19. The van der Waals surface area contributed by atoms with E-state index in [1.807, 2.05) is 7.05 Å². The standard InChI is InChI=1S/C15H27N5O/c1-12(2)14(15-16-11-17-19(15)3)18-13(21)10-20-8-6-4-5-7-9-20/h11-12,14H,4-10H2,1-3H3,(H,18,21)/t14-/m1/s1. The van der Waals surface area contributed by atoms with E-state index in [-0.39, 0.29) is 17.9 Å². The zero-order chi connectivity index (χ0) is 15.2. The van der Waals surface area contributed by atoms with Crippen molar-refractivity contribution in [3.63, 3.8) is 0 Å². The molecule has 0 bridgehead atoms. The molecule has 1 saturated heterocycles. The third kappa shape index (κ3) is 4.52. The van der Waals surface area contributed by atoms with Crippen molar-refractivity contribution in [1.82, 2.24) is 25.0 Å². The molecule has 0 aromatic carbocycles. The number of nitrogens with one attached hydrogen (secondary N) is 1. The lowest BCUT2D eigenvalue weighted by molar-refractivity contribution is -0.123. The molecule has 6 nitrogen and oxygen atoms in total. The summed E-state index contributed by atoms with van der Waals surface area (Å²) >= 11 is 0. The van der Waals surface area contributed by atoms with E-state index < -0.39 is 0 Å². The zero-order valence-corrected chi connectivity index (χ0v) is 13.4. The van der Waals surface area contributed by atoms with Crippen molar-refractivity contribution in [2.75, 3.05) is 19.6 Å². The molecule has 0 radical (unpaired) electrons. The summed E-state index contributed by atoms with van der Waals surface area (Å²) in [6.07, 6.45) is 6.50. The van der Waals surface area contributed by atoms with E-state index in [0.717, 1.165) is 18.9 Å². The van der Waals surface area contributed by atoms with E-state index in [4.69, 9.17) is 0 Å². The second-order valence-corrected chi connectivity index (χ2v) is 6.22. The lowest BCUT2D eigenvalue weighted by Gasteiger charge is -2.24. The van der Waals surface area contributed by atoms with Gasteiger partial charge in [0.2, 0.25) is 5.91 Å². The summed E-state index contributed by atoms with van der Waals surface area (Å²) < 4.78 is 1.73. The fraction of sp³-hybridized carbons (Fsp3) is 0.800. The van der Waals surface area contributed by atoms with Crippen LogP contribution in [-0.4, -0.2) is 45.2 Å². The van der Waals surface area contributed by atoms with Crippen LogP contribution >= 0.6 is 0 Å². The minimum atomic E-state index is -0.0861. The molecule has 0 spiro atoms. The van der Waals surface area contributed by atoms with Gasteiger partial charge >= 0.3 is 0 Å². The fourth-order valence-electron chi connectivity index (χ4n) is 2.83. The lowest BCUT2D eigenvalue weighted by Crippen LogP contribution is -2.41. The van der Waals surface area contributed by atoms with Gasteiger partial charge in [0.15, 0.2) is 0 Å². The number of nitrogens with zero attached hydrogens (tertiary/aromatic N) is 4. The van der Waals surface area contributed by atoms with Crippen molar-refractivity contribution in [2.45, 2.75) is 45.6 Å². The molecule has 1 fully saturated rings. The predicted molar refractivity (Wildman–Crippen MR) is 81.6 cm³/mol. The van der Waals surface area contributed by atoms with Crippen LogP contribution in [0.2, 0.25) is 0 Å². The first-order valence-corrected chi connectivity index (χ1v) is 7.93. The minimum absolute atomic E-state index is 0.0820. The quantitative estimate of drug-likeness (QED) is 0.894. The van der Waals surface area contributed by atoms with Gasteiger partial charge in [-0.3, -0.25) is 14.4 Å². The van der Waals surface area contributed by atoms with Crippen LogP contribution in [0, 0.1) is 5.92 Å². The van der Waals surface area contributed by atoms with E-state index >= 15 is 0 Å². The second kappa shape index (κ2) is 7.54. The molecule has 1 aromatic rings. The largest absolute Gasteiger partial charge is 0.345 e. The number of hydrogen-bond donors (Lipinski definition) is 1. The van der Waals surface area contributed by atoms with E-state index in [9.17, 15) is 4.79 Å². The maximum absolute atomic E-state index is 12.3. The van der Waals surface area contributed by atoms with Crippen molar-refractivity contribution in [3.8, 4) is 0 Å². The Morgan fingerprint density at radius 1 is 1.29 bits per heavy atom. The molecule has 1 amide bonds. The zero-order valence-electron chi connectivity index (χ0n) is 13.4. The van der Waals surface area contributed by atoms with Crippen molar-refractivity contribution >= 4 is 5.91 Å². The van der Waals surface area contributed by atoms with Crippen molar-refractivity contribution in [2.24, 2.45) is 13.0 Å². The highest BCUT2D eigenvalue weighted by atomic mass is 16.2. The summed E-state index contributed by atoms with van der Waals surface area (Å²) in [6, 6.07) is -0.0861. The van der Waals surface area contributed by atoms with E-state index in [0.29, 0.717) is 6.54 Å². The molecule has 1 aliphatic rings. The van der Waals surface area contributed by atoms with Gasteiger partial charge in [-0.05, 0) is 31.8 Å². The summed E-state index contributed by atoms with van der Waals surface area (Å²) in [5.41, 5.74) is 0. The summed E-state index contributed by atoms with van der Waals surface area (Å²) in [5, 5.41) is 7.22. The molecule has 0 saturated carbocycles. The van der Waals surface area contributed by atoms with Crippen LogP contribution < -0.4 is 5.32 Å². The second-order valence-electron chi connectivity index (χ2n) is 6.22. The molecule has 2 heterocycles. The van der Waals surface area contributed by atoms with Crippen LogP contribution in [-0.2, 0) is 11.8 Å². The first-order chi connectivity index (χ1) is 10.1. The molecular weight excluding hydrogens is 266 g/mol. The predicted octanol–water partition coefficient (Wildman–Crippen LogP) is 1.50. The number of carbonyl (C=O) groups excluding carboxylic acids is 1. The molecule has 118 valence electrons. The van der Waals surface area contributed by atoms with Gasteiger partial charge < -0.3 is 5.32 Å². The van der Waals surface area contributed by atoms with Crippen LogP contribution in [0.25, 0.3) is 0 Å². The molecule has 6 heteroatoms. The molecule has 0 unspecified atom stereocenters. The van der Waals surface area contributed by atoms with Crippen LogP contribution in [0.15, 0.2) is 6.33 Å². The first-order valence-electron chi connectivity index (χ1n) is 7.93. The third-order valence-corrected chi connectivity index (χ3v) is 4.07. The summed E-state index contributed by atoms with van der Waals surface area (Å²) in [7, 11) is 1.86. The highest BCUT2D eigenvalue weighted by Gasteiger charge is 2.23. The number of rotatable bonds is 5. The Morgan fingerprint density at radius 3 is 2.48 bits per heavy atom. The number of aromatic nitrogens is 3. The Hall–Kier alpha value is -1.43. The first kappa shape index (κ1) is 15.9. The molecule has 21 heavy (non-hydrogen) atoms. The Kier molecular flexibility index (Phi) is 5.73. The summed E-state index contributed by atoms with van der Waals surface area (Å²) in [4.78, 5) is 18.9. The SMILES string of the molecule is CC(C)[C@@H](NC(=O)CN1CCCCCC1)c1ncnn1C. The van der Waals surface area contributed by atoms with Gasteiger partial charge in [0.1, 0.15) is 12.2 Å². The lowest BCUT2D eigenvalue weighted by atomic mass is 10.0. The Labute approximate surface area is 126 Å². The van der Waals surface area contributed by atoms with Gasteiger partial charge in [0, 0.05) is 7.05 Å². The van der Waals surface area contributed by atoms with E-state index in [1.165, 1.54) is 32.0 Å². The molecule has 2 rings (SSSR count). The number of hydrogen-bond acceptors (Lipinski definition) is 4. The summed E-state index contributed by atoms with van der Waals surface area (Å²) in [6.45, 7) is 6.73. The average molecular weight is 293 g/mol. The minimum Gasteiger partial charge on any atom is -0.345 e. The number of aryl methyl sites for hydroxylation is 1. The van der Waals surface area contributed by atoms with Crippen molar-refractivity contribution in [1.29, 1.82) is 0 Å². The molecule has 1 N–H and O–H groups in total. The highest BCUT2D eigenvalue weighted by molar-refractivity contribution is 5.78. The molecule has 0 aliphatic carbocycles. The third-order valence-electron chi connectivity index (χ3n) is 4.07. The monoisotopic (exact) mass is 293 g/mol. The molecule has 1 atom stereocenters. The van der Waals surface area contributed by atoms with Gasteiger partial charge in [-0.2, -0.15) is 5.10 Å². The molecule has 1 aromatic heterocycles. The van der Waals surface area contributed by atoms with Crippen molar-refractivity contribution < 1.29 is 4.79 Å². The Balaban J connectivity index is 1.94. The van der Waals surface area contributed by atoms with Gasteiger partial charge in [-0.1, -0.05) is 26.7 Å². The maximum Gasteiger partial charge on any atom is 0.234 e. The number of likely N-dealkylation sites (tertiary alicyclic amines) is 1. The van der Waals surface area contributed by atoms with E-state index in [2.05, 4.69) is 34.1 Å². The maximum atomic E-state index is 12.3. The molecular formula is C15H27N5O. The number of carbonyl (C=O) groups is 1.